The monoisotopic (exact) mass is 288 g/mol. The highest BCUT2D eigenvalue weighted by atomic mass is 15.2. The van der Waals surface area contributed by atoms with Crippen LogP contribution in [0.5, 0.6) is 0 Å². The van der Waals surface area contributed by atoms with E-state index in [0.29, 0.717) is 12.1 Å². The van der Waals surface area contributed by atoms with Crippen molar-refractivity contribution in [2.75, 3.05) is 19.6 Å². The molecule has 0 spiro atoms. The number of benzene rings is 1. The van der Waals surface area contributed by atoms with Crippen LogP contribution in [0, 0.1) is 12.8 Å². The average Bonchev–Trinajstić information content (AvgIpc) is 2.92. The fourth-order valence-electron chi connectivity index (χ4n) is 3.22. The van der Waals surface area contributed by atoms with Gasteiger partial charge in [0.1, 0.15) is 0 Å². The topological polar surface area (TPSA) is 15.3 Å². The molecule has 1 N–H and O–H groups in total. The molecule has 1 aliphatic heterocycles. The van der Waals surface area contributed by atoms with Crippen LogP contribution in [0.1, 0.15) is 44.7 Å². The highest BCUT2D eigenvalue weighted by Gasteiger charge is 2.23. The summed E-state index contributed by atoms with van der Waals surface area (Å²) in [6, 6.07) is 10.2. The first-order valence-corrected chi connectivity index (χ1v) is 8.57. The maximum Gasteiger partial charge on any atom is 0.00420 e. The van der Waals surface area contributed by atoms with E-state index in [1.807, 2.05) is 0 Å². The van der Waals surface area contributed by atoms with Crippen molar-refractivity contribution in [2.45, 2.75) is 59.0 Å². The van der Waals surface area contributed by atoms with E-state index in [9.17, 15) is 0 Å². The van der Waals surface area contributed by atoms with Gasteiger partial charge in [0.2, 0.25) is 0 Å². The van der Waals surface area contributed by atoms with Gasteiger partial charge in [0.15, 0.2) is 0 Å². The number of nitrogens with zero attached hydrogens (tertiary/aromatic N) is 1. The van der Waals surface area contributed by atoms with Gasteiger partial charge < -0.3 is 10.2 Å². The lowest BCUT2D eigenvalue weighted by Crippen LogP contribution is -2.34. The second kappa shape index (κ2) is 7.95. The third-order valence-electron chi connectivity index (χ3n) is 4.75. The van der Waals surface area contributed by atoms with Crippen LogP contribution in [-0.4, -0.2) is 36.6 Å². The van der Waals surface area contributed by atoms with E-state index >= 15 is 0 Å². The van der Waals surface area contributed by atoms with Crippen molar-refractivity contribution in [1.82, 2.24) is 10.2 Å². The Balaban J connectivity index is 1.65. The Bertz CT molecular complexity index is 427. The van der Waals surface area contributed by atoms with Gasteiger partial charge in [-0.25, -0.2) is 0 Å². The standard InChI is InChI=1S/C19H32N2/c1-15(2)21-11-10-19(14-21)13-20-17(4)8-9-18-7-5-6-16(3)12-18/h5-7,12,15,17,19-20H,8-11,13-14H2,1-4H3. The van der Waals surface area contributed by atoms with E-state index in [-0.39, 0.29) is 0 Å². The Morgan fingerprint density at radius 1 is 1.29 bits per heavy atom. The zero-order valence-corrected chi connectivity index (χ0v) is 14.2. The molecule has 1 fully saturated rings. The van der Waals surface area contributed by atoms with E-state index in [0.717, 1.165) is 5.92 Å². The van der Waals surface area contributed by atoms with Crippen LogP contribution >= 0.6 is 0 Å². The van der Waals surface area contributed by atoms with Gasteiger partial charge in [-0.15, -0.1) is 0 Å². The molecule has 118 valence electrons. The van der Waals surface area contributed by atoms with Crippen LogP contribution in [-0.2, 0) is 6.42 Å². The van der Waals surface area contributed by atoms with E-state index in [1.165, 1.54) is 50.0 Å². The van der Waals surface area contributed by atoms with Gasteiger partial charge in [-0.1, -0.05) is 29.8 Å². The molecule has 0 amide bonds. The summed E-state index contributed by atoms with van der Waals surface area (Å²) in [6.45, 7) is 12.8. The van der Waals surface area contributed by atoms with Crippen molar-refractivity contribution in [1.29, 1.82) is 0 Å². The molecular formula is C19H32N2. The SMILES string of the molecule is Cc1cccc(CCC(C)NCC2CCN(C(C)C)C2)c1. The molecule has 2 atom stereocenters. The van der Waals surface area contributed by atoms with Crippen LogP contribution in [0.3, 0.4) is 0 Å². The van der Waals surface area contributed by atoms with Crippen molar-refractivity contribution in [3.63, 3.8) is 0 Å². The first-order valence-electron chi connectivity index (χ1n) is 8.57. The molecule has 0 saturated carbocycles. The van der Waals surface area contributed by atoms with Crippen molar-refractivity contribution < 1.29 is 0 Å². The summed E-state index contributed by atoms with van der Waals surface area (Å²) in [5.41, 5.74) is 2.84. The Labute approximate surface area is 130 Å². The van der Waals surface area contributed by atoms with Gasteiger partial charge >= 0.3 is 0 Å². The van der Waals surface area contributed by atoms with Gasteiger partial charge in [0.05, 0.1) is 0 Å². The summed E-state index contributed by atoms with van der Waals surface area (Å²) in [6.07, 6.45) is 3.76. The number of hydrogen-bond acceptors (Lipinski definition) is 2. The summed E-state index contributed by atoms with van der Waals surface area (Å²) >= 11 is 0. The third kappa shape index (κ3) is 5.44. The van der Waals surface area contributed by atoms with Crippen LogP contribution in [0.15, 0.2) is 24.3 Å². The molecular weight excluding hydrogens is 256 g/mol. The second-order valence-electron chi connectivity index (χ2n) is 7.08. The van der Waals surface area contributed by atoms with E-state index in [1.54, 1.807) is 0 Å². The van der Waals surface area contributed by atoms with Crippen molar-refractivity contribution in [2.24, 2.45) is 5.92 Å². The van der Waals surface area contributed by atoms with E-state index in [2.05, 4.69) is 62.2 Å². The molecule has 1 saturated heterocycles. The average molecular weight is 288 g/mol. The summed E-state index contributed by atoms with van der Waals surface area (Å²) in [7, 11) is 0. The highest BCUT2D eigenvalue weighted by Crippen LogP contribution is 2.18. The predicted octanol–water partition coefficient (Wildman–Crippen LogP) is 3.64. The minimum atomic E-state index is 0.610. The summed E-state index contributed by atoms with van der Waals surface area (Å²) in [5.74, 6) is 0.841. The fraction of sp³-hybridized carbons (Fsp3) is 0.684. The van der Waals surface area contributed by atoms with Gasteiger partial charge in [0, 0.05) is 18.6 Å². The van der Waals surface area contributed by atoms with Crippen LogP contribution in [0.25, 0.3) is 0 Å². The normalized spacial score (nSPS) is 21.1. The lowest BCUT2D eigenvalue weighted by molar-refractivity contribution is 0.262. The van der Waals surface area contributed by atoms with Gasteiger partial charge in [-0.05, 0) is 71.5 Å². The van der Waals surface area contributed by atoms with Crippen molar-refractivity contribution >= 4 is 0 Å². The molecule has 1 aliphatic rings. The van der Waals surface area contributed by atoms with Crippen molar-refractivity contribution in [3.05, 3.63) is 35.4 Å². The molecule has 0 bridgehead atoms. The highest BCUT2D eigenvalue weighted by molar-refractivity contribution is 5.22. The lowest BCUT2D eigenvalue weighted by Gasteiger charge is -2.21. The number of likely N-dealkylation sites (tertiary alicyclic amines) is 1. The first-order chi connectivity index (χ1) is 10.0. The van der Waals surface area contributed by atoms with Gasteiger partial charge in [-0.2, -0.15) is 0 Å². The fourth-order valence-corrected chi connectivity index (χ4v) is 3.22. The maximum atomic E-state index is 3.74. The molecule has 2 rings (SSSR count). The van der Waals surface area contributed by atoms with Crippen LogP contribution in [0.4, 0.5) is 0 Å². The zero-order valence-electron chi connectivity index (χ0n) is 14.2. The quantitative estimate of drug-likeness (QED) is 0.824. The zero-order chi connectivity index (χ0) is 15.2. The molecule has 1 aromatic rings. The molecule has 2 heteroatoms. The van der Waals surface area contributed by atoms with Gasteiger partial charge in [-0.3, -0.25) is 0 Å². The maximum absolute atomic E-state index is 3.74. The first kappa shape index (κ1) is 16.5. The second-order valence-corrected chi connectivity index (χ2v) is 7.08. The Kier molecular flexibility index (Phi) is 6.25. The predicted molar refractivity (Wildman–Crippen MR) is 91.8 cm³/mol. The summed E-state index contributed by atoms with van der Waals surface area (Å²) in [5, 5.41) is 3.74. The summed E-state index contributed by atoms with van der Waals surface area (Å²) in [4.78, 5) is 2.60. The molecule has 0 aliphatic carbocycles. The minimum Gasteiger partial charge on any atom is -0.314 e. The minimum absolute atomic E-state index is 0.610. The Morgan fingerprint density at radius 3 is 2.76 bits per heavy atom. The Hall–Kier alpha value is -0.860. The van der Waals surface area contributed by atoms with Crippen molar-refractivity contribution in [3.8, 4) is 0 Å². The molecule has 2 nitrogen and oxygen atoms in total. The molecule has 0 radical (unpaired) electrons. The number of aryl methyl sites for hydroxylation is 2. The Morgan fingerprint density at radius 2 is 2.10 bits per heavy atom. The van der Waals surface area contributed by atoms with E-state index < -0.39 is 0 Å². The molecule has 2 unspecified atom stereocenters. The van der Waals surface area contributed by atoms with Crippen LogP contribution in [0.2, 0.25) is 0 Å². The number of hydrogen-bond donors (Lipinski definition) is 1. The number of nitrogens with one attached hydrogen (secondary N) is 1. The third-order valence-corrected chi connectivity index (χ3v) is 4.75. The van der Waals surface area contributed by atoms with Crippen LogP contribution < -0.4 is 5.32 Å². The summed E-state index contributed by atoms with van der Waals surface area (Å²) < 4.78 is 0. The number of rotatable bonds is 7. The smallest absolute Gasteiger partial charge is 0.00420 e. The molecule has 0 aromatic heterocycles. The molecule has 1 aromatic carbocycles. The molecule has 21 heavy (non-hydrogen) atoms. The van der Waals surface area contributed by atoms with E-state index in [4.69, 9.17) is 0 Å². The van der Waals surface area contributed by atoms with Gasteiger partial charge in [0.25, 0.3) is 0 Å². The lowest BCUT2D eigenvalue weighted by atomic mass is 10.0. The largest absolute Gasteiger partial charge is 0.314 e. The molecule has 1 heterocycles.